The van der Waals surface area contributed by atoms with Gasteiger partial charge in [-0.15, -0.1) is 0 Å². The van der Waals surface area contributed by atoms with Gasteiger partial charge >= 0.3 is 0 Å². The number of halogens is 1. The lowest BCUT2D eigenvalue weighted by Gasteiger charge is -2.29. The van der Waals surface area contributed by atoms with Crippen molar-refractivity contribution < 1.29 is 27.8 Å². The van der Waals surface area contributed by atoms with Crippen molar-refractivity contribution in [2.24, 2.45) is 17.6 Å². The van der Waals surface area contributed by atoms with Crippen molar-refractivity contribution in [3.8, 4) is 5.75 Å². The molecule has 1 fully saturated rings. The van der Waals surface area contributed by atoms with Gasteiger partial charge in [-0.2, -0.15) is 0 Å². The fourth-order valence-corrected chi connectivity index (χ4v) is 5.30. The van der Waals surface area contributed by atoms with Crippen LogP contribution in [0.25, 0.3) is 0 Å². The summed E-state index contributed by atoms with van der Waals surface area (Å²) < 4.78 is 38.4. The zero-order chi connectivity index (χ0) is 26.0. The molecule has 0 heterocycles. The number of para-hydroxylation sites is 1. The van der Waals surface area contributed by atoms with E-state index in [0.29, 0.717) is 43.8 Å². The Balaban J connectivity index is 1.93. The Bertz CT molecular complexity index is 897. The topological polar surface area (TPSA) is 131 Å². The van der Waals surface area contributed by atoms with E-state index in [2.05, 4.69) is 4.72 Å². The molecule has 35 heavy (non-hydrogen) atoms. The Labute approximate surface area is 214 Å². The molecule has 0 radical (unpaired) electrons. The highest BCUT2D eigenvalue weighted by Gasteiger charge is 2.36. The van der Waals surface area contributed by atoms with Gasteiger partial charge in [0.15, 0.2) is 0 Å². The summed E-state index contributed by atoms with van der Waals surface area (Å²) >= 11 is 6.42. The van der Waals surface area contributed by atoms with Gasteiger partial charge in [0.2, 0.25) is 10.0 Å². The van der Waals surface area contributed by atoms with Crippen LogP contribution in [0.5, 0.6) is 5.75 Å². The number of hydrogen-bond acceptors (Lipinski definition) is 7. The third-order valence-electron chi connectivity index (χ3n) is 6.20. The second-order valence-corrected chi connectivity index (χ2v) is 11.9. The Morgan fingerprint density at radius 2 is 1.91 bits per heavy atom. The van der Waals surface area contributed by atoms with Gasteiger partial charge < -0.3 is 20.3 Å². The lowest BCUT2D eigenvalue weighted by Crippen LogP contribution is -2.46. The molecule has 1 aromatic rings. The number of carbonyl (C=O) groups excluding carboxylic acids is 1. The van der Waals surface area contributed by atoms with Crippen LogP contribution in [0.1, 0.15) is 56.3 Å². The molecule has 1 amide bonds. The third-order valence-corrected chi connectivity index (χ3v) is 8.41. The van der Waals surface area contributed by atoms with Crippen molar-refractivity contribution in [1.82, 2.24) is 9.14 Å². The number of benzene rings is 1. The summed E-state index contributed by atoms with van der Waals surface area (Å²) in [6.45, 7) is 5.18. The molecule has 9 nitrogen and oxygen atoms in total. The fraction of sp³-hybridized carbons (Fsp3) is 0.708. The molecule has 1 saturated carbocycles. The van der Waals surface area contributed by atoms with Gasteiger partial charge in [0.05, 0.1) is 23.5 Å². The molecule has 200 valence electrons. The molecule has 0 aliphatic heterocycles. The Morgan fingerprint density at radius 1 is 1.26 bits per heavy atom. The largest absolute Gasteiger partial charge is 0.493 e. The van der Waals surface area contributed by atoms with Crippen LogP contribution < -0.4 is 15.2 Å². The van der Waals surface area contributed by atoms with Crippen molar-refractivity contribution in [1.29, 1.82) is 0 Å². The van der Waals surface area contributed by atoms with E-state index < -0.39 is 22.2 Å². The predicted octanol–water partition coefficient (Wildman–Crippen LogP) is 2.52. The van der Waals surface area contributed by atoms with Crippen molar-refractivity contribution in [2.45, 2.75) is 63.3 Å². The summed E-state index contributed by atoms with van der Waals surface area (Å²) in [5.74, 6) is 0.105. The highest BCUT2D eigenvalue weighted by molar-refractivity contribution is 7.90. The smallest absolute Gasteiger partial charge is 0.271 e. The number of rotatable bonds is 17. The number of amides is 1. The zero-order valence-corrected chi connectivity index (χ0v) is 22.4. The monoisotopic (exact) mass is 533 g/mol. The highest BCUT2D eigenvalue weighted by atomic mass is 35.5. The van der Waals surface area contributed by atoms with E-state index in [9.17, 15) is 18.3 Å². The van der Waals surface area contributed by atoms with Gasteiger partial charge in [0.1, 0.15) is 5.75 Å². The lowest BCUT2D eigenvalue weighted by atomic mass is 9.87. The maximum atomic E-state index is 13.1. The number of carbonyl (C=O) groups is 1. The summed E-state index contributed by atoms with van der Waals surface area (Å²) in [5, 5.41) is 10.1. The summed E-state index contributed by atoms with van der Waals surface area (Å²) in [5.41, 5.74) is 6.56. The van der Waals surface area contributed by atoms with Gasteiger partial charge in [-0.05, 0) is 56.1 Å². The first kappa shape index (κ1) is 29.8. The Morgan fingerprint density at radius 3 is 2.54 bits per heavy atom. The molecule has 0 bridgehead atoms. The molecule has 4 N–H and O–H groups in total. The molecular weight excluding hydrogens is 494 g/mol. The molecule has 0 saturated heterocycles. The molecule has 3 atom stereocenters. The number of aliphatic hydroxyl groups excluding tert-OH is 1. The number of ether oxygens (including phenoxy) is 2. The van der Waals surface area contributed by atoms with Gasteiger partial charge in [-0.1, -0.05) is 26.0 Å². The van der Waals surface area contributed by atoms with Crippen LogP contribution in [0.3, 0.4) is 0 Å². The average molecular weight is 534 g/mol. The molecule has 0 spiro atoms. The van der Waals surface area contributed by atoms with Gasteiger partial charge in [0.25, 0.3) is 5.91 Å². The van der Waals surface area contributed by atoms with E-state index in [1.807, 2.05) is 13.8 Å². The van der Waals surface area contributed by atoms with Crippen LogP contribution in [0.15, 0.2) is 24.3 Å². The molecule has 1 aromatic carbocycles. The predicted molar refractivity (Wildman–Crippen MR) is 137 cm³/mol. The summed E-state index contributed by atoms with van der Waals surface area (Å²) in [6, 6.07) is 6.29. The molecule has 0 unspecified atom stereocenters. The average Bonchev–Trinajstić information content (AvgIpc) is 3.68. The van der Waals surface area contributed by atoms with E-state index >= 15 is 0 Å². The van der Waals surface area contributed by atoms with Gasteiger partial charge in [-0.3, -0.25) is 9.21 Å². The molecular formula is C24H40ClN3O6S. The zero-order valence-electron chi connectivity index (χ0n) is 20.9. The standard InChI is InChI=1S/C24H40ClN3O6S/c1-17(2)18(14-21(26)22(29)15-27-35(31,32)19-10-11-19)16-28(25)24(30)20-8-4-5-9-23(20)34-13-7-6-12-33-3/h4-5,8-9,17-19,21-22,27,29H,6-7,10-16,26H2,1-3H3/t18-,21+,22+/m1/s1. The molecule has 11 heteroatoms. The van der Waals surface area contributed by atoms with Crippen molar-refractivity contribution in [2.75, 3.05) is 33.4 Å². The van der Waals surface area contributed by atoms with E-state index in [0.717, 1.165) is 17.3 Å². The van der Waals surface area contributed by atoms with E-state index in [4.69, 9.17) is 27.0 Å². The number of hydrogen-bond donors (Lipinski definition) is 3. The van der Waals surface area contributed by atoms with E-state index in [-0.39, 0.29) is 36.1 Å². The summed E-state index contributed by atoms with van der Waals surface area (Å²) in [7, 11) is -1.74. The molecule has 1 aliphatic carbocycles. The quantitative estimate of drug-likeness (QED) is 0.207. The minimum Gasteiger partial charge on any atom is -0.493 e. The lowest BCUT2D eigenvalue weighted by molar-refractivity contribution is 0.0816. The second kappa shape index (κ2) is 14.3. The van der Waals surface area contributed by atoms with Gasteiger partial charge in [-0.25, -0.2) is 13.1 Å². The number of sulfonamides is 1. The van der Waals surface area contributed by atoms with Crippen LogP contribution in [0, 0.1) is 11.8 Å². The van der Waals surface area contributed by atoms with Crippen LogP contribution in [-0.4, -0.2) is 74.7 Å². The number of unbranched alkanes of at least 4 members (excludes halogenated alkanes) is 1. The first-order valence-electron chi connectivity index (χ1n) is 12.2. The first-order valence-corrected chi connectivity index (χ1v) is 14.1. The second-order valence-electron chi connectivity index (χ2n) is 9.46. The van der Waals surface area contributed by atoms with Gasteiger partial charge in [0, 0.05) is 44.6 Å². The number of nitrogens with zero attached hydrogens (tertiary/aromatic N) is 1. The number of methoxy groups -OCH3 is 1. The van der Waals surface area contributed by atoms with E-state index in [1.54, 1.807) is 31.4 Å². The minimum absolute atomic E-state index is 0.108. The third kappa shape index (κ3) is 9.86. The van der Waals surface area contributed by atoms with Crippen LogP contribution in [-0.2, 0) is 14.8 Å². The summed E-state index contributed by atoms with van der Waals surface area (Å²) in [4.78, 5) is 13.1. The molecule has 1 aliphatic rings. The minimum atomic E-state index is -3.39. The molecule has 0 aromatic heterocycles. The summed E-state index contributed by atoms with van der Waals surface area (Å²) in [6.07, 6.45) is 2.28. The number of nitrogens with two attached hydrogens (primary N) is 1. The SMILES string of the molecule is COCCCCOc1ccccc1C(=O)N(Cl)C[C@@H](C[C@H](N)[C@@H](O)CNS(=O)(=O)C1CC1)C(C)C. The van der Waals surface area contributed by atoms with Crippen molar-refractivity contribution in [3.05, 3.63) is 29.8 Å². The molecule has 2 rings (SSSR count). The normalized spacial score (nSPS) is 16.7. The number of aliphatic hydroxyl groups is 1. The van der Waals surface area contributed by atoms with Crippen LogP contribution in [0.4, 0.5) is 0 Å². The maximum Gasteiger partial charge on any atom is 0.271 e. The fourth-order valence-electron chi connectivity index (χ4n) is 3.63. The Kier molecular flexibility index (Phi) is 12.2. The Hall–Kier alpha value is -1.43. The number of nitrogens with one attached hydrogen (secondary N) is 1. The van der Waals surface area contributed by atoms with E-state index in [1.165, 1.54) is 0 Å². The van der Waals surface area contributed by atoms with Crippen molar-refractivity contribution >= 4 is 27.7 Å². The van der Waals surface area contributed by atoms with Crippen LogP contribution >= 0.6 is 11.8 Å². The van der Waals surface area contributed by atoms with Crippen LogP contribution in [0.2, 0.25) is 0 Å². The van der Waals surface area contributed by atoms with Crippen molar-refractivity contribution in [3.63, 3.8) is 0 Å². The first-order chi connectivity index (χ1) is 16.6. The maximum absolute atomic E-state index is 13.1. The highest BCUT2D eigenvalue weighted by Crippen LogP contribution is 2.28.